The Balaban J connectivity index is 2.62. The van der Waals surface area contributed by atoms with Gasteiger partial charge < -0.3 is 14.9 Å². The molecule has 0 unspecified atom stereocenters. The van der Waals surface area contributed by atoms with Crippen LogP contribution in [0, 0.1) is 5.41 Å². The quantitative estimate of drug-likeness (QED) is 0.844. The van der Waals surface area contributed by atoms with Gasteiger partial charge in [-0.2, -0.15) is 0 Å². The molecule has 0 heterocycles. The molecular formula is C15H28N2O3. The summed E-state index contributed by atoms with van der Waals surface area (Å²) >= 11 is 0. The number of rotatable bonds is 5. The zero-order valence-corrected chi connectivity index (χ0v) is 13.2. The number of amides is 2. The van der Waals surface area contributed by atoms with Crippen LogP contribution in [0.2, 0.25) is 0 Å². The van der Waals surface area contributed by atoms with Crippen molar-refractivity contribution in [2.45, 2.75) is 58.9 Å². The normalized spacial score (nSPS) is 18.6. The molecule has 5 nitrogen and oxygen atoms in total. The second-order valence-electron chi connectivity index (χ2n) is 6.60. The monoisotopic (exact) mass is 284 g/mol. The average molecular weight is 284 g/mol. The molecule has 0 aromatic heterocycles. The number of hydrogen-bond donors (Lipinski definition) is 1. The molecule has 116 valence electrons. The summed E-state index contributed by atoms with van der Waals surface area (Å²) in [5.41, 5.74) is 0.366. The third kappa shape index (κ3) is 4.69. The van der Waals surface area contributed by atoms with Crippen LogP contribution in [0.3, 0.4) is 0 Å². The van der Waals surface area contributed by atoms with E-state index < -0.39 is 5.97 Å². The van der Waals surface area contributed by atoms with Gasteiger partial charge in [0.25, 0.3) is 0 Å². The lowest BCUT2D eigenvalue weighted by Crippen LogP contribution is -2.49. The maximum absolute atomic E-state index is 12.4. The lowest BCUT2D eigenvalue weighted by Gasteiger charge is -2.40. The zero-order chi connectivity index (χ0) is 15.3. The molecule has 0 spiro atoms. The first-order chi connectivity index (χ1) is 9.26. The molecule has 0 aromatic carbocycles. The minimum Gasteiger partial charge on any atom is -0.480 e. The van der Waals surface area contributed by atoms with E-state index in [4.69, 9.17) is 5.11 Å². The average Bonchev–Trinajstić information content (AvgIpc) is 2.36. The van der Waals surface area contributed by atoms with Crippen molar-refractivity contribution in [3.05, 3.63) is 0 Å². The molecule has 1 aliphatic carbocycles. The van der Waals surface area contributed by atoms with E-state index in [1.807, 2.05) is 6.92 Å². The third-order valence-corrected chi connectivity index (χ3v) is 4.25. The van der Waals surface area contributed by atoms with Crippen LogP contribution in [-0.4, -0.2) is 53.1 Å². The molecule has 1 saturated carbocycles. The highest BCUT2D eigenvalue weighted by Gasteiger charge is 2.32. The standard InChI is InChI=1S/C15H28N2O3/c1-5-10-17(11-13(18)19)14(20)16(4)12-6-8-15(2,3)9-7-12/h12H,5-11H2,1-4H3,(H,18,19). The van der Waals surface area contributed by atoms with Crippen LogP contribution >= 0.6 is 0 Å². The highest BCUT2D eigenvalue weighted by atomic mass is 16.4. The Bertz CT molecular complexity index is 345. The first-order valence-electron chi connectivity index (χ1n) is 7.50. The fourth-order valence-corrected chi connectivity index (χ4v) is 2.83. The van der Waals surface area contributed by atoms with Crippen molar-refractivity contribution in [2.75, 3.05) is 20.1 Å². The first-order valence-corrected chi connectivity index (χ1v) is 7.50. The number of carbonyl (C=O) groups is 2. The van der Waals surface area contributed by atoms with Gasteiger partial charge in [-0.15, -0.1) is 0 Å². The van der Waals surface area contributed by atoms with E-state index in [-0.39, 0.29) is 18.6 Å². The van der Waals surface area contributed by atoms with Gasteiger partial charge in [0.05, 0.1) is 0 Å². The van der Waals surface area contributed by atoms with Crippen molar-refractivity contribution in [1.82, 2.24) is 9.80 Å². The van der Waals surface area contributed by atoms with E-state index in [9.17, 15) is 9.59 Å². The molecule has 1 fully saturated rings. The number of carboxylic acids is 1. The third-order valence-electron chi connectivity index (χ3n) is 4.25. The van der Waals surface area contributed by atoms with Crippen molar-refractivity contribution >= 4 is 12.0 Å². The van der Waals surface area contributed by atoms with Crippen LogP contribution in [0.5, 0.6) is 0 Å². The van der Waals surface area contributed by atoms with E-state index in [1.54, 1.807) is 11.9 Å². The number of carboxylic acid groups (broad SMARTS) is 1. The van der Waals surface area contributed by atoms with E-state index in [0.29, 0.717) is 12.0 Å². The summed E-state index contributed by atoms with van der Waals surface area (Å²) in [4.78, 5) is 26.5. The summed E-state index contributed by atoms with van der Waals surface area (Å²) in [7, 11) is 1.80. The molecule has 0 bridgehead atoms. The maximum Gasteiger partial charge on any atom is 0.323 e. The van der Waals surface area contributed by atoms with Crippen molar-refractivity contribution in [1.29, 1.82) is 0 Å². The topological polar surface area (TPSA) is 60.9 Å². The van der Waals surface area contributed by atoms with E-state index in [1.165, 1.54) is 4.90 Å². The second-order valence-corrected chi connectivity index (χ2v) is 6.60. The minimum atomic E-state index is -0.954. The first kappa shape index (κ1) is 16.8. The Kier molecular flexibility index (Phi) is 5.84. The lowest BCUT2D eigenvalue weighted by atomic mass is 9.75. The zero-order valence-electron chi connectivity index (χ0n) is 13.2. The van der Waals surface area contributed by atoms with Gasteiger partial charge >= 0.3 is 12.0 Å². The molecule has 20 heavy (non-hydrogen) atoms. The van der Waals surface area contributed by atoms with E-state index >= 15 is 0 Å². The van der Waals surface area contributed by atoms with Crippen LogP contribution in [0.1, 0.15) is 52.9 Å². The molecular weight excluding hydrogens is 256 g/mol. The maximum atomic E-state index is 12.4. The molecule has 0 atom stereocenters. The molecule has 1 aliphatic rings. The van der Waals surface area contributed by atoms with Gasteiger partial charge in [0.15, 0.2) is 0 Å². The van der Waals surface area contributed by atoms with Gasteiger partial charge in [0.1, 0.15) is 6.54 Å². The highest BCUT2D eigenvalue weighted by Crippen LogP contribution is 2.36. The molecule has 5 heteroatoms. The molecule has 0 radical (unpaired) electrons. The summed E-state index contributed by atoms with van der Waals surface area (Å²) in [6, 6.07) is 0.0858. The number of urea groups is 1. The molecule has 1 N–H and O–H groups in total. The molecule has 0 saturated heterocycles. The summed E-state index contributed by atoms with van der Waals surface area (Å²) in [5.74, 6) is -0.954. The van der Waals surface area contributed by atoms with Gasteiger partial charge in [-0.3, -0.25) is 4.79 Å². The summed E-state index contributed by atoms with van der Waals surface area (Å²) in [6.45, 7) is 6.76. The highest BCUT2D eigenvalue weighted by molar-refractivity contribution is 5.80. The smallest absolute Gasteiger partial charge is 0.323 e. The summed E-state index contributed by atoms with van der Waals surface area (Å²) < 4.78 is 0. The van der Waals surface area contributed by atoms with Crippen LogP contribution in [0.4, 0.5) is 4.79 Å². The van der Waals surface area contributed by atoms with E-state index in [0.717, 1.165) is 32.1 Å². The Morgan fingerprint density at radius 2 is 1.80 bits per heavy atom. The van der Waals surface area contributed by atoms with Gasteiger partial charge in [-0.25, -0.2) is 4.79 Å². The lowest BCUT2D eigenvalue weighted by molar-refractivity contribution is -0.137. The number of nitrogens with zero attached hydrogens (tertiary/aromatic N) is 2. The number of aliphatic carboxylic acids is 1. The van der Waals surface area contributed by atoms with Crippen molar-refractivity contribution in [2.24, 2.45) is 5.41 Å². The molecule has 0 aliphatic heterocycles. The number of carbonyl (C=O) groups excluding carboxylic acids is 1. The van der Waals surface area contributed by atoms with Gasteiger partial charge in [-0.05, 0) is 37.5 Å². The Morgan fingerprint density at radius 3 is 2.25 bits per heavy atom. The molecule has 0 aromatic rings. The van der Waals surface area contributed by atoms with Crippen LogP contribution < -0.4 is 0 Å². The fraction of sp³-hybridized carbons (Fsp3) is 0.867. The predicted molar refractivity (Wildman–Crippen MR) is 78.7 cm³/mol. The van der Waals surface area contributed by atoms with Crippen molar-refractivity contribution < 1.29 is 14.7 Å². The van der Waals surface area contributed by atoms with E-state index in [2.05, 4.69) is 13.8 Å². The van der Waals surface area contributed by atoms with Crippen LogP contribution in [-0.2, 0) is 4.79 Å². The SMILES string of the molecule is CCCN(CC(=O)O)C(=O)N(C)C1CCC(C)(C)CC1. The van der Waals surface area contributed by atoms with Crippen molar-refractivity contribution in [3.63, 3.8) is 0 Å². The minimum absolute atomic E-state index is 0.154. The van der Waals surface area contributed by atoms with Crippen molar-refractivity contribution in [3.8, 4) is 0 Å². The van der Waals surface area contributed by atoms with Crippen LogP contribution in [0.25, 0.3) is 0 Å². The van der Waals surface area contributed by atoms with Gasteiger partial charge in [0.2, 0.25) is 0 Å². The molecule has 2 amide bonds. The Labute approximate surface area is 121 Å². The van der Waals surface area contributed by atoms with Crippen LogP contribution in [0.15, 0.2) is 0 Å². The summed E-state index contributed by atoms with van der Waals surface area (Å²) in [6.07, 6.45) is 5.00. The van der Waals surface area contributed by atoms with Gasteiger partial charge in [0, 0.05) is 19.6 Å². The fourth-order valence-electron chi connectivity index (χ4n) is 2.83. The summed E-state index contributed by atoms with van der Waals surface area (Å²) in [5, 5.41) is 8.91. The predicted octanol–water partition coefficient (Wildman–Crippen LogP) is 2.80. The Hall–Kier alpha value is -1.26. The second kappa shape index (κ2) is 6.95. The largest absolute Gasteiger partial charge is 0.480 e. The van der Waals surface area contributed by atoms with Gasteiger partial charge in [-0.1, -0.05) is 20.8 Å². The Morgan fingerprint density at radius 1 is 1.25 bits per heavy atom. The molecule has 1 rings (SSSR count). The number of hydrogen-bond acceptors (Lipinski definition) is 2.